The molecule has 0 aliphatic carbocycles. The van der Waals surface area contributed by atoms with E-state index in [9.17, 15) is 0 Å². The molecule has 1 aromatic carbocycles. The van der Waals surface area contributed by atoms with Crippen LogP contribution in [0.25, 0.3) is 0 Å². The summed E-state index contributed by atoms with van der Waals surface area (Å²) in [7, 11) is 0. The molecule has 0 amide bonds. The molecule has 0 heterocycles. The topological polar surface area (TPSA) is 9.23 Å². The van der Waals surface area contributed by atoms with Gasteiger partial charge in [0.1, 0.15) is 5.75 Å². The van der Waals surface area contributed by atoms with Gasteiger partial charge in [-0.2, -0.15) is 0 Å². The van der Waals surface area contributed by atoms with Crippen LogP contribution in [0.15, 0.2) is 24.3 Å². The molecule has 0 saturated heterocycles. The van der Waals surface area contributed by atoms with Crippen LogP contribution < -0.4 is 4.74 Å². The van der Waals surface area contributed by atoms with E-state index in [1.165, 1.54) is 5.56 Å². The molecular formula is C11H14ClO. The Labute approximate surface area is 84.7 Å². The van der Waals surface area contributed by atoms with Crippen LogP contribution in [0, 0.1) is 6.92 Å². The van der Waals surface area contributed by atoms with Crippen LogP contribution in [0.2, 0.25) is 0 Å². The van der Waals surface area contributed by atoms with Gasteiger partial charge in [-0.1, -0.05) is 12.1 Å². The highest BCUT2D eigenvalue weighted by Crippen LogP contribution is 2.12. The van der Waals surface area contributed by atoms with Gasteiger partial charge in [0.15, 0.2) is 0 Å². The highest BCUT2D eigenvalue weighted by atomic mass is 35.5. The maximum atomic E-state index is 5.53. The van der Waals surface area contributed by atoms with Crippen molar-refractivity contribution in [2.75, 3.05) is 12.5 Å². The van der Waals surface area contributed by atoms with Crippen LogP contribution in [-0.2, 0) is 6.42 Å². The maximum Gasteiger partial charge on any atom is 0.119 e. The maximum absolute atomic E-state index is 5.53. The Morgan fingerprint density at radius 1 is 1.23 bits per heavy atom. The highest BCUT2D eigenvalue weighted by Gasteiger charge is 1.93. The molecule has 1 nitrogen and oxygen atoms in total. The van der Waals surface area contributed by atoms with Crippen LogP contribution in [0.4, 0.5) is 0 Å². The summed E-state index contributed by atoms with van der Waals surface area (Å²) in [5, 5.41) is 0. The van der Waals surface area contributed by atoms with Crippen molar-refractivity contribution in [2.24, 2.45) is 0 Å². The summed E-state index contributed by atoms with van der Waals surface area (Å²) in [4.78, 5) is 0. The summed E-state index contributed by atoms with van der Waals surface area (Å²) < 4.78 is 5.44. The van der Waals surface area contributed by atoms with E-state index in [1.807, 2.05) is 24.3 Å². The monoisotopic (exact) mass is 197 g/mol. The third-order valence-corrected chi connectivity index (χ3v) is 2.03. The molecular weight excluding hydrogens is 184 g/mol. The second-order valence-corrected chi connectivity index (χ2v) is 3.16. The minimum Gasteiger partial charge on any atom is -0.494 e. The fraction of sp³-hybridized carbons (Fsp3) is 0.364. The van der Waals surface area contributed by atoms with E-state index in [0.717, 1.165) is 18.6 Å². The van der Waals surface area contributed by atoms with Crippen molar-refractivity contribution in [3.63, 3.8) is 0 Å². The fourth-order valence-electron chi connectivity index (χ4n) is 0.997. The van der Waals surface area contributed by atoms with Crippen LogP contribution >= 0.6 is 11.6 Å². The van der Waals surface area contributed by atoms with Crippen molar-refractivity contribution in [1.29, 1.82) is 0 Å². The molecule has 0 saturated carbocycles. The van der Waals surface area contributed by atoms with E-state index in [0.29, 0.717) is 12.5 Å². The van der Waals surface area contributed by atoms with Crippen molar-refractivity contribution in [3.05, 3.63) is 36.8 Å². The molecule has 0 fully saturated rings. The minimum absolute atomic E-state index is 0.650. The van der Waals surface area contributed by atoms with Crippen molar-refractivity contribution in [3.8, 4) is 5.75 Å². The lowest BCUT2D eigenvalue weighted by Crippen LogP contribution is -1.97. The van der Waals surface area contributed by atoms with Gasteiger partial charge in [-0.15, -0.1) is 11.6 Å². The molecule has 71 valence electrons. The van der Waals surface area contributed by atoms with Crippen molar-refractivity contribution in [1.82, 2.24) is 0 Å². The van der Waals surface area contributed by atoms with Crippen LogP contribution in [0.1, 0.15) is 12.0 Å². The van der Waals surface area contributed by atoms with E-state index in [1.54, 1.807) is 0 Å². The second-order valence-electron chi connectivity index (χ2n) is 2.78. The number of benzene rings is 1. The molecule has 2 heteroatoms. The van der Waals surface area contributed by atoms with Crippen LogP contribution in [0.5, 0.6) is 5.75 Å². The average molecular weight is 198 g/mol. The summed E-state index contributed by atoms with van der Waals surface area (Å²) >= 11 is 5.53. The zero-order valence-electron chi connectivity index (χ0n) is 7.63. The number of alkyl halides is 1. The van der Waals surface area contributed by atoms with Gasteiger partial charge in [-0.25, -0.2) is 0 Å². The van der Waals surface area contributed by atoms with E-state index in [2.05, 4.69) is 6.92 Å². The van der Waals surface area contributed by atoms with Crippen molar-refractivity contribution in [2.45, 2.75) is 12.8 Å². The first kappa shape index (κ1) is 10.4. The number of halogens is 1. The Hall–Kier alpha value is -0.690. The first-order valence-corrected chi connectivity index (χ1v) is 4.97. The second kappa shape index (κ2) is 5.87. The Balaban J connectivity index is 2.40. The van der Waals surface area contributed by atoms with Gasteiger partial charge in [0.2, 0.25) is 0 Å². The van der Waals surface area contributed by atoms with Crippen LogP contribution in [-0.4, -0.2) is 12.5 Å². The fourth-order valence-corrected chi connectivity index (χ4v) is 1.11. The van der Waals surface area contributed by atoms with Crippen molar-refractivity contribution >= 4 is 11.6 Å². The summed E-state index contributed by atoms with van der Waals surface area (Å²) in [6.07, 6.45) is 1.71. The number of rotatable bonds is 5. The lowest BCUT2D eigenvalue weighted by Gasteiger charge is -2.04. The largest absolute Gasteiger partial charge is 0.494 e. The van der Waals surface area contributed by atoms with E-state index < -0.39 is 0 Å². The molecule has 0 aliphatic heterocycles. The molecule has 1 aromatic rings. The van der Waals surface area contributed by atoms with Gasteiger partial charge in [0.25, 0.3) is 0 Å². The summed E-state index contributed by atoms with van der Waals surface area (Å²) in [5.74, 6) is 1.55. The quantitative estimate of drug-likeness (QED) is 0.521. The first-order valence-electron chi connectivity index (χ1n) is 4.43. The lowest BCUT2D eigenvalue weighted by atomic mass is 10.2. The Kier molecular flexibility index (Phi) is 4.69. The predicted octanol–water partition coefficient (Wildman–Crippen LogP) is 3.07. The zero-order chi connectivity index (χ0) is 9.52. The smallest absolute Gasteiger partial charge is 0.119 e. The molecule has 1 rings (SSSR count). The van der Waals surface area contributed by atoms with Crippen molar-refractivity contribution < 1.29 is 4.74 Å². The molecule has 1 radical (unpaired) electrons. The molecule has 0 aliphatic rings. The van der Waals surface area contributed by atoms with Gasteiger partial charge in [-0.3, -0.25) is 0 Å². The number of ether oxygens (including phenoxy) is 1. The van der Waals surface area contributed by atoms with Gasteiger partial charge < -0.3 is 4.74 Å². The van der Waals surface area contributed by atoms with E-state index >= 15 is 0 Å². The zero-order valence-corrected chi connectivity index (χ0v) is 8.39. The normalized spacial score (nSPS) is 10.0. The standard InChI is InChI=1S/C11H14ClO/c1-2-10-4-6-11(7-5-10)13-9-3-8-12/h4-7H,1-3,8-9H2. The van der Waals surface area contributed by atoms with E-state index in [4.69, 9.17) is 16.3 Å². The van der Waals surface area contributed by atoms with Gasteiger partial charge in [-0.05, 0) is 37.5 Å². The van der Waals surface area contributed by atoms with Crippen LogP contribution in [0.3, 0.4) is 0 Å². The third-order valence-electron chi connectivity index (χ3n) is 1.76. The van der Waals surface area contributed by atoms with Gasteiger partial charge in [0, 0.05) is 5.88 Å². The minimum atomic E-state index is 0.650. The first-order chi connectivity index (χ1) is 6.36. The Morgan fingerprint density at radius 3 is 2.46 bits per heavy atom. The average Bonchev–Trinajstić information content (AvgIpc) is 2.19. The molecule has 0 atom stereocenters. The summed E-state index contributed by atoms with van der Waals surface area (Å²) in [5.41, 5.74) is 1.23. The Bertz CT molecular complexity index is 230. The predicted molar refractivity (Wildman–Crippen MR) is 56.3 cm³/mol. The molecule has 0 N–H and O–H groups in total. The number of hydrogen-bond acceptors (Lipinski definition) is 1. The van der Waals surface area contributed by atoms with Gasteiger partial charge in [0.05, 0.1) is 6.61 Å². The molecule has 0 unspecified atom stereocenters. The highest BCUT2D eigenvalue weighted by molar-refractivity contribution is 6.17. The summed E-state index contributed by atoms with van der Waals surface area (Å²) in [6.45, 7) is 4.49. The van der Waals surface area contributed by atoms with Gasteiger partial charge >= 0.3 is 0 Å². The third kappa shape index (κ3) is 3.69. The lowest BCUT2D eigenvalue weighted by molar-refractivity contribution is 0.318. The molecule has 0 bridgehead atoms. The molecule has 0 spiro atoms. The molecule has 13 heavy (non-hydrogen) atoms. The summed E-state index contributed by atoms with van der Waals surface area (Å²) in [6, 6.07) is 8.00. The Morgan fingerprint density at radius 2 is 1.92 bits per heavy atom. The SMILES string of the molecule is [CH2]Cc1ccc(OCCCCl)cc1. The molecule has 0 aromatic heterocycles. The van der Waals surface area contributed by atoms with E-state index in [-0.39, 0.29) is 0 Å². The number of hydrogen-bond donors (Lipinski definition) is 0.